The van der Waals surface area contributed by atoms with Crippen LogP contribution in [-0.4, -0.2) is 32.8 Å². The third-order valence-corrected chi connectivity index (χ3v) is 2.58. The third kappa shape index (κ3) is 5.53. The first kappa shape index (κ1) is 15.0. The summed E-state index contributed by atoms with van der Waals surface area (Å²) in [6.45, 7) is 4.48. The number of hydrogen-bond acceptors (Lipinski definition) is 3. The Kier molecular flexibility index (Phi) is 6.78. The monoisotopic (exact) mass is 258 g/mol. The van der Waals surface area contributed by atoms with Crippen LogP contribution >= 0.6 is 0 Å². The molecule has 0 bridgehead atoms. The molecule has 0 aliphatic rings. The van der Waals surface area contributed by atoms with Crippen LogP contribution in [0.4, 0.5) is 8.78 Å². The van der Waals surface area contributed by atoms with Gasteiger partial charge in [0, 0.05) is 38.3 Å². The molecule has 0 aromatic heterocycles. The topological polar surface area (TPSA) is 33.3 Å². The molecule has 0 amide bonds. The first-order valence-electron chi connectivity index (χ1n) is 6.00. The highest BCUT2D eigenvalue weighted by Crippen LogP contribution is 2.09. The Hall–Kier alpha value is -1.04. The fourth-order valence-electron chi connectivity index (χ4n) is 1.53. The summed E-state index contributed by atoms with van der Waals surface area (Å²) in [5.74, 6) is -0.803. The normalized spacial score (nSPS) is 12.7. The van der Waals surface area contributed by atoms with Crippen LogP contribution in [-0.2, 0) is 11.3 Å². The summed E-state index contributed by atoms with van der Waals surface area (Å²) in [6.07, 6.45) is 0. The molecule has 102 valence electrons. The third-order valence-electron chi connectivity index (χ3n) is 2.58. The van der Waals surface area contributed by atoms with Crippen LogP contribution in [0.25, 0.3) is 0 Å². The van der Waals surface area contributed by atoms with Gasteiger partial charge in [-0.15, -0.1) is 0 Å². The van der Waals surface area contributed by atoms with Crippen molar-refractivity contribution >= 4 is 0 Å². The summed E-state index contributed by atoms with van der Waals surface area (Å²) in [5.41, 5.74) is 0.346. The van der Waals surface area contributed by atoms with E-state index in [1.165, 1.54) is 6.07 Å². The molecule has 1 unspecified atom stereocenters. The fourth-order valence-corrected chi connectivity index (χ4v) is 1.53. The van der Waals surface area contributed by atoms with Crippen molar-refractivity contribution in [1.29, 1.82) is 0 Å². The molecule has 5 heteroatoms. The molecule has 0 aliphatic carbocycles. The van der Waals surface area contributed by atoms with Gasteiger partial charge in [-0.1, -0.05) is 0 Å². The second-order valence-corrected chi connectivity index (χ2v) is 4.21. The zero-order chi connectivity index (χ0) is 13.4. The number of methoxy groups -OCH3 is 1. The van der Waals surface area contributed by atoms with E-state index < -0.39 is 5.82 Å². The molecule has 2 N–H and O–H groups in total. The Bertz CT molecular complexity index is 361. The second kappa shape index (κ2) is 8.13. The first-order valence-corrected chi connectivity index (χ1v) is 6.00. The van der Waals surface area contributed by atoms with E-state index in [4.69, 9.17) is 4.74 Å². The molecular weight excluding hydrogens is 238 g/mol. The van der Waals surface area contributed by atoms with Crippen molar-refractivity contribution < 1.29 is 13.5 Å². The first-order chi connectivity index (χ1) is 8.63. The summed E-state index contributed by atoms with van der Waals surface area (Å²) in [7, 11) is 1.65. The van der Waals surface area contributed by atoms with Gasteiger partial charge in [0.05, 0.1) is 6.61 Å². The largest absolute Gasteiger partial charge is 0.383 e. The highest BCUT2D eigenvalue weighted by atomic mass is 19.1. The molecular formula is C13H20F2N2O. The molecule has 0 fully saturated rings. The van der Waals surface area contributed by atoms with E-state index in [0.29, 0.717) is 18.7 Å². The number of rotatable bonds is 8. The molecule has 1 rings (SSSR count). The van der Waals surface area contributed by atoms with Crippen molar-refractivity contribution in [3.05, 3.63) is 35.4 Å². The SMILES string of the molecule is COCCNCC(C)NCc1cc(F)ccc1F. The van der Waals surface area contributed by atoms with Crippen LogP contribution in [0.5, 0.6) is 0 Å². The number of benzene rings is 1. The molecule has 0 heterocycles. The minimum Gasteiger partial charge on any atom is -0.383 e. The van der Waals surface area contributed by atoms with Crippen LogP contribution < -0.4 is 10.6 Å². The second-order valence-electron chi connectivity index (χ2n) is 4.21. The van der Waals surface area contributed by atoms with E-state index in [2.05, 4.69) is 10.6 Å². The maximum Gasteiger partial charge on any atom is 0.127 e. The zero-order valence-corrected chi connectivity index (χ0v) is 10.8. The van der Waals surface area contributed by atoms with E-state index in [1.54, 1.807) is 7.11 Å². The predicted octanol–water partition coefficient (Wildman–Crippen LogP) is 1.68. The molecule has 0 saturated heterocycles. The molecule has 0 spiro atoms. The minimum atomic E-state index is -0.418. The smallest absolute Gasteiger partial charge is 0.127 e. The lowest BCUT2D eigenvalue weighted by Gasteiger charge is -2.15. The van der Waals surface area contributed by atoms with Crippen LogP contribution in [0, 0.1) is 11.6 Å². The zero-order valence-electron chi connectivity index (χ0n) is 10.8. The standard InChI is InChI=1S/C13H20F2N2O/c1-10(8-16-5-6-18-2)17-9-11-7-12(14)3-4-13(11)15/h3-4,7,10,16-17H,5-6,8-9H2,1-2H3. The maximum absolute atomic E-state index is 13.3. The molecule has 0 radical (unpaired) electrons. The lowest BCUT2D eigenvalue weighted by atomic mass is 10.2. The van der Waals surface area contributed by atoms with Crippen molar-refractivity contribution in [1.82, 2.24) is 10.6 Å². The average molecular weight is 258 g/mol. The van der Waals surface area contributed by atoms with E-state index >= 15 is 0 Å². The van der Waals surface area contributed by atoms with E-state index in [1.807, 2.05) is 6.92 Å². The van der Waals surface area contributed by atoms with Gasteiger partial charge in [-0.25, -0.2) is 8.78 Å². The van der Waals surface area contributed by atoms with E-state index in [-0.39, 0.29) is 11.9 Å². The Balaban J connectivity index is 2.29. The Morgan fingerprint density at radius 3 is 2.83 bits per heavy atom. The lowest BCUT2D eigenvalue weighted by molar-refractivity contribution is 0.198. The van der Waals surface area contributed by atoms with Crippen LogP contribution in [0.1, 0.15) is 12.5 Å². The predicted molar refractivity (Wildman–Crippen MR) is 67.4 cm³/mol. The summed E-state index contributed by atoms with van der Waals surface area (Å²) < 4.78 is 31.2. The van der Waals surface area contributed by atoms with Gasteiger partial charge in [-0.3, -0.25) is 0 Å². The van der Waals surface area contributed by atoms with Gasteiger partial charge in [0.2, 0.25) is 0 Å². The van der Waals surface area contributed by atoms with E-state index in [9.17, 15) is 8.78 Å². The molecule has 1 atom stereocenters. The summed E-state index contributed by atoms with van der Waals surface area (Å²) in [5, 5.41) is 6.33. The van der Waals surface area contributed by atoms with Gasteiger partial charge >= 0.3 is 0 Å². The highest BCUT2D eigenvalue weighted by molar-refractivity contribution is 5.18. The molecule has 0 saturated carbocycles. The van der Waals surface area contributed by atoms with Crippen molar-refractivity contribution in [2.75, 3.05) is 26.8 Å². The Labute approximate surface area is 107 Å². The molecule has 3 nitrogen and oxygen atoms in total. The van der Waals surface area contributed by atoms with Gasteiger partial charge in [0.15, 0.2) is 0 Å². The van der Waals surface area contributed by atoms with E-state index in [0.717, 1.165) is 25.2 Å². The molecule has 18 heavy (non-hydrogen) atoms. The summed E-state index contributed by atoms with van der Waals surface area (Å²) in [4.78, 5) is 0. The van der Waals surface area contributed by atoms with Crippen molar-refractivity contribution in [2.45, 2.75) is 19.5 Å². The van der Waals surface area contributed by atoms with Crippen LogP contribution in [0.2, 0.25) is 0 Å². The van der Waals surface area contributed by atoms with Gasteiger partial charge in [-0.05, 0) is 25.1 Å². The number of hydrogen-bond donors (Lipinski definition) is 2. The highest BCUT2D eigenvalue weighted by Gasteiger charge is 2.06. The van der Waals surface area contributed by atoms with Crippen molar-refractivity contribution in [3.63, 3.8) is 0 Å². The van der Waals surface area contributed by atoms with Gasteiger partial charge in [0.1, 0.15) is 11.6 Å². The van der Waals surface area contributed by atoms with Crippen LogP contribution in [0.3, 0.4) is 0 Å². The number of ether oxygens (including phenoxy) is 1. The van der Waals surface area contributed by atoms with Crippen molar-refractivity contribution in [2.24, 2.45) is 0 Å². The minimum absolute atomic E-state index is 0.171. The Morgan fingerprint density at radius 2 is 2.11 bits per heavy atom. The quantitative estimate of drug-likeness (QED) is 0.696. The van der Waals surface area contributed by atoms with Crippen LogP contribution in [0.15, 0.2) is 18.2 Å². The molecule has 0 aliphatic heterocycles. The molecule has 1 aromatic rings. The number of nitrogens with one attached hydrogen (secondary N) is 2. The van der Waals surface area contributed by atoms with Gasteiger partial charge in [0.25, 0.3) is 0 Å². The van der Waals surface area contributed by atoms with Crippen molar-refractivity contribution in [3.8, 4) is 0 Å². The summed E-state index contributed by atoms with van der Waals surface area (Å²) >= 11 is 0. The maximum atomic E-state index is 13.3. The van der Waals surface area contributed by atoms with Gasteiger partial charge in [-0.2, -0.15) is 0 Å². The molecule has 1 aromatic carbocycles. The Morgan fingerprint density at radius 1 is 1.33 bits per heavy atom. The van der Waals surface area contributed by atoms with Gasteiger partial charge < -0.3 is 15.4 Å². The number of halogens is 2. The fraction of sp³-hybridized carbons (Fsp3) is 0.538. The summed E-state index contributed by atoms with van der Waals surface area (Å²) in [6, 6.07) is 3.65. The average Bonchev–Trinajstić information content (AvgIpc) is 2.36. The lowest BCUT2D eigenvalue weighted by Crippen LogP contribution is -2.37.